The first kappa shape index (κ1) is 16.7. The molecule has 6 nitrogen and oxygen atoms in total. The molecule has 0 radical (unpaired) electrons. The Labute approximate surface area is 129 Å². The van der Waals surface area contributed by atoms with Crippen LogP contribution in [0.4, 0.5) is 4.39 Å². The number of ether oxygens (including phenoxy) is 1. The van der Waals surface area contributed by atoms with Gasteiger partial charge >= 0.3 is 0 Å². The standard InChI is InChI=1S/C14H19FN2O4S/c1-21-13-6-5-11(9-12(13)15)22(19,20)16-10-14(18)17-7-3-2-4-8-17/h5-6,9,16H,2-4,7-8,10H2,1H3. The molecular weight excluding hydrogens is 311 g/mol. The number of sulfonamides is 1. The highest BCUT2D eigenvalue weighted by Crippen LogP contribution is 2.20. The van der Waals surface area contributed by atoms with Crippen molar-refractivity contribution in [3.8, 4) is 5.75 Å². The molecule has 122 valence electrons. The first-order chi connectivity index (χ1) is 10.4. The minimum absolute atomic E-state index is 0.0386. The van der Waals surface area contributed by atoms with Crippen LogP contribution in [-0.2, 0) is 14.8 Å². The van der Waals surface area contributed by atoms with Gasteiger partial charge in [0.2, 0.25) is 15.9 Å². The lowest BCUT2D eigenvalue weighted by Gasteiger charge is -2.26. The Morgan fingerprint density at radius 1 is 1.32 bits per heavy atom. The molecule has 0 spiro atoms. The highest BCUT2D eigenvalue weighted by atomic mass is 32.2. The molecule has 0 saturated carbocycles. The molecule has 0 bridgehead atoms. The van der Waals surface area contributed by atoms with E-state index in [-0.39, 0.29) is 23.1 Å². The molecular formula is C14H19FN2O4S. The maximum atomic E-state index is 13.6. The molecule has 1 aromatic rings. The average molecular weight is 330 g/mol. The van der Waals surface area contributed by atoms with Crippen molar-refractivity contribution >= 4 is 15.9 Å². The summed E-state index contributed by atoms with van der Waals surface area (Å²) >= 11 is 0. The molecule has 0 atom stereocenters. The zero-order valence-electron chi connectivity index (χ0n) is 12.3. The zero-order chi connectivity index (χ0) is 16.2. The van der Waals surface area contributed by atoms with E-state index in [1.165, 1.54) is 19.2 Å². The van der Waals surface area contributed by atoms with Crippen molar-refractivity contribution < 1.29 is 22.3 Å². The molecule has 0 unspecified atom stereocenters. The number of hydrogen-bond acceptors (Lipinski definition) is 4. The summed E-state index contributed by atoms with van der Waals surface area (Å²) in [6, 6.07) is 3.33. The van der Waals surface area contributed by atoms with E-state index in [2.05, 4.69) is 4.72 Å². The number of piperidine rings is 1. The van der Waals surface area contributed by atoms with E-state index in [1.807, 2.05) is 0 Å². The van der Waals surface area contributed by atoms with Crippen molar-refractivity contribution in [2.24, 2.45) is 0 Å². The van der Waals surface area contributed by atoms with Crippen LogP contribution in [0.15, 0.2) is 23.1 Å². The molecule has 8 heteroatoms. The SMILES string of the molecule is COc1ccc(S(=O)(=O)NCC(=O)N2CCCCC2)cc1F. The van der Waals surface area contributed by atoms with Crippen molar-refractivity contribution in [1.29, 1.82) is 0 Å². The van der Waals surface area contributed by atoms with Crippen LogP contribution in [0.3, 0.4) is 0 Å². The monoisotopic (exact) mass is 330 g/mol. The molecule has 1 fully saturated rings. The van der Waals surface area contributed by atoms with E-state index in [0.29, 0.717) is 13.1 Å². The molecule has 2 rings (SSSR count). The lowest BCUT2D eigenvalue weighted by atomic mass is 10.1. The number of benzene rings is 1. The molecule has 1 aliphatic heterocycles. The predicted octanol–water partition coefficient (Wildman–Crippen LogP) is 1.13. The Morgan fingerprint density at radius 3 is 2.59 bits per heavy atom. The summed E-state index contributed by atoms with van der Waals surface area (Å²) in [6.07, 6.45) is 2.95. The average Bonchev–Trinajstić information content (AvgIpc) is 2.53. The van der Waals surface area contributed by atoms with E-state index >= 15 is 0 Å². The van der Waals surface area contributed by atoms with Crippen LogP contribution in [0, 0.1) is 5.82 Å². The van der Waals surface area contributed by atoms with E-state index in [4.69, 9.17) is 4.74 Å². The van der Waals surface area contributed by atoms with Crippen molar-refractivity contribution in [2.45, 2.75) is 24.2 Å². The number of nitrogens with one attached hydrogen (secondary N) is 1. The van der Waals surface area contributed by atoms with Crippen LogP contribution < -0.4 is 9.46 Å². The van der Waals surface area contributed by atoms with Gasteiger partial charge in [0.25, 0.3) is 0 Å². The zero-order valence-corrected chi connectivity index (χ0v) is 13.2. The summed E-state index contributed by atoms with van der Waals surface area (Å²) in [5.41, 5.74) is 0. The van der Waals surface area contributed by atoms with Gasteiger partial charge in [0.1, 0.15) is 0 Å². The number of carbonyl (C=O) groups excluding carboxylic acids is 1. The molecule has 1 saturated heterocycles. The Kier molecular flexibility index (Phi) is 5.36. The summed E-state index contributed by atoms with van der Waals surface area (Å²) in [7, 11) is -2.64. The topological polar surface area (TPSA) is 75.7 Å². The van der Waals surface area contributed by atoms with E-state index in [0.717, 1.165) is 25.3 Å². The Morgan fingerprint density at radius 2 is 2.00 bits per heavy atom. The van der Waals surface area contributed by atoms with Gasteiger partial charge in [-0.15, -0.1) is 0 Å². The van der Waals surface area contributed by atoms with E-state index in [1.54, 1.807) is 4.90 Å². The lowest BCUT2D eigenvalue weighted by Crippen LogP contribution is -2.42. The van der Waals surface area contributed by atoms with Gasteiger partial charge in [0.15, 0.2) is 11.6 Å². The summed E-state index contributed by atoms with van der Waals surface area (Å²) in [5, 5.41) is 0. The highest BCUT2D eigenvalue weighted by molar-refractivity contribution is 7.89. The third-order valence-electron chi connectivity index (χ3n) is 3.56. The van der Waals surface area contributed by atoms with Crippen molar-refractivity contribution in [1.82, 2.24) is 9.62 Å². The van der Waals surface area contributed by atoms with Gasteiger partial charge in [0, 0.05) is 13.1 Å². The van der Waals surface area contributed by atoms with Crippen LogP contribution in [0.25, 0.3) is 0 Å². The van der Waals surface area contributed by atoms with Gasteiger partial charge in [-0.1, -0.05) is 0 Å². The second kappa shape index (κ2) is 7.06. The number of hydrogen-bond donors (Lipinski definition) is 1. The van der Waals surface area contributed by atoms with Crippen molar-refractivity contribution in [2.75, 3.05) is 26.7 Å². The largest absolute Gasteiger partial charge is 0.494 e. The van der Waals surface area contributed by atoms with Crippen LogP contribution in [0.1, 0.15) is 19.3 Å². The minimum atomic E-state index is -3.93. The van der Waals surface area contributed by atoms with Crippen LogP contribution in [0.5, 0.6) is 5.75 Å². The fourth-order valence-corrected chi connectivity index (χ4v) is 3.30. The molecule has 1 aliphatic rings. The molecule has 1 heterocycles. The molecule has 0 aliphatic carbocycles. The Hall–Kier alpha value is -1.67. The first-order valence-corrected chi connectivity index (χ1v) is 8.53. The summed E-state index contributed by atoms with van der Waals surface area (Å²) < 4.78 is 44.7. The summed E-state index contributed by atoms with van der Waals surface area (Å²) in [4.78, 5) is 13.3. The molecule has 1 aromatic carbocycles. The Balaban J connectivity index is 2.01. The van der Waals surface area contributed by atoms with E-state index < -0.39 is 15.8 Å². The molecule has 1 amide bonds. The van der Waals surface area contributed by atoms with Gasteiger partial charge < -0.3 is 9.64 Å². The molecule has 0 aromatic heterocycles. The normalized spacial score (nSPS) is 15.6. The predicted molar refractivity (Wildman–Crippen MR) is 78.6 cm³/mol. The van der Waals surface area contributed by atoms with Gasteiger partial charge in [-0.2, -0.15) is 0 Å². The quantitative estimate of drug-likeness (QED) is 0.878. The van der Waals surface area contributed by atoms with Gasteiger partial charge in [-0.05, 0) is 37.5 Å². The first-order valence-electron chi connectivity index (χ1n) is 7.05. The van der Waals surface area contributed by atoms with Crippen LogP contribution >= 0.6 is 0 Å². The fourth-order valence-electron chi connectivity index (χ4n) is 2.31. The Bertz CT molecular complexity index is 642. The third kappa shape index (κ3) is 3.95. The maximum absolute atomic E-state index is 13.6. The third-order valence-corrected chi connectivity index (χ3v) is 4.95. The number of carbonyl (C=O) groups is 1. The van der Waals surface area contributed by atoms with Crippen molar-refractivity contribution in [3.05, 3.63) is 24.0 Å². The number of rotatable bonds is 5. The second-order valence-electron chi connectivity index (χ2n) is 5.06. The summed E-state index contributed by atoms with van der Waals surface area (Å²) in [6.45, 7) is 0.978. The molecule has 22 heavy (non-hydrogen) atoms. The number of halogens is 1. The van der Waals surface area contributed by atoms with Crippen LogP contribution in [0.2, 0.25) is 0 Å². The second-order valence-corrected chi connectivity index (χ2v) is 6.83. The molecule has 1 N–H and O–H groups in total. The fraction of sp³-hybridized carbons (Fsp3) is 0.500. The van der Waals surface area contributed by atoms with Gasteiger partial charge in [-0.3, -0.25) is 4.79 Å². The number of amides is 1. The number of methoxy groups -OCH3 is 1. The maximum Gasteiger partial charge on any atom is 0.241 e. The smallest absolute Gasteiger partial charge is 0.241 e. The number of likely N-dealkylation sites (tertiary alicyclic amines) is 1. The van der Waals surface area contributed by atoms with Crippen molar-refractivity contribution in [3.63, 3.8) is 0 Å². The van der Waals surface area contributed by atoms with Crippen LogP contribution in [-0.4, -0.2) is 46.0 Å². The minimum Gasteiger partial charge on any atom is -0.494 e. The number of nitrogens with zero attached hydrogens (tertiary/aromatic N) is 1. The van der Waals surface area contributed by atoms with Gasteiger partial charge in [-0.25, -0.2) is 17.5 Å². The summed E-state index contributed by atoms with van der Waals surface area (Å²) in [5.74, 6) is -1.08. The lowest BCUT2D eigenvalue weighted by molar-refractivity contribution is -0.130. The highest BCUT2D eigenvalue weighted by Gasteiger charge is 2.21. The van der Waals surface area contributed by atoms with E-state index in [9.17, 15) is 17.6 Å². The van der Waals surface area contributed by atoms with Gasteiger partial charge in [0.05, 0.1) is 18.6 Å².